The number of methoxy groups -OCH3 is 1. The standard InChI is InChI=1S/C18H20ClNO2/c1-4-8-22-18-16(19)10-14(11-17(18)21-3)12-20-15-7-5-6-13(2)9-15/h4-7,9-11,20H,1,8,12H2,2-3H3. The highest BCUT2D eigenvalue weighted by Gasteiger charge is 2.11. The molecule has 0 bridgehead atoms. The van der Waals surface area contributed by atoms with Gasteiger partial charge in [0, 0.05) is 12.2 Å². The molecule has 0 radical (unpaired) electrons. The van der Waals surface area contributed by atoms with Gasteiger partial charge >= 0.3 is 0 Å². The molecule has 3 nitrogen and oxygen atoms in total. The summed E-state index contributed by atoms with van der Waals surface area (Å²) in [6.45, 7) is 6.74. The zero-order chi connectivity index (χ0) is 15.9. The predicted octanol–water partition coefficient (Wildman–Crippen LogP) is 4.83. The summed E-state index contributed by atoms with van der Waals surface area (Å²) in [5, 5.41) is 3.90. The number of hydrogen-bond acceptors (Lipinski definition) is 3. The normalized spacial score (nSPS) is 10.1. The molecule has 0 aliphatic carbocycles. The van der Waals surface area contributed by atoms with Crippen LogP contribution in [-0.2, 0) is 6.54 Å². The van der Waals surface area contributed by atoms with E-state index in [1.807, 2.05) is 24.3 Å². The van der Waals surface area contributed by atoms with Crippen molar-refractivity contribution in [2.75, 3.05) is 19.0 Å². The van der Waals surface area contributed by atoms with Gasteiger partial charge in [0.25, 0.3) is 0 Å². The molecule has 0 unspecified atom stereocenters. The molecule has 2 aromatic carbocycles. The topological polar surface area (TPSA) is 30.5 Å². The summed E-state index contributed by atoms with van der Waals surface area (Å²) in [6.07, 6.45) is 1.67. The first kappa shape index (κ1) is 16.2. The Hall–Kier alpha value is -2.13. The maximum Gasteiger partial charge on any atom is 0.180 e. The number of rotatable bonds is 7. The van der Waals surface area contributed by atoms with Gasteiger partial charge in [-0.15, -0.1) is 0 Å². The average molecular weight is 318 g/mol. The molecule has 22 heavy (non-hydrogen) atoms. The van der Waals surface area contributed by atoms with E-state index in [0.29, 0.717) is 29.7 Å². The first-order valence-electron chi connectivity index (χ1n) is 7.04. The number of hydrogen-bond donors (Lipinski definition) is 1. The maximum atomic E-state index is 6.29. The van der Waals surface area contributed by atoms with Gasteiger partial charge in [0.05, 0.1) is 12.1 Å². The van der Waals surface area contributed by atoms with Gasteiger partial charge in [-0.05, 0) is 42.3 Å². The van der Waals surface area contributed by atoms with Crippen molar-refractivity contribution in [2.45, 2.75) is 13.5 Å². The summed E-state index contributed by atoms with van der Waals surface area (Å²) in [4.78, 5) is 0. The highest BCUT2D eigenvalue weighted by atomic mass is 35.5. The van der Waals surface area contributed by atoms with E-state index in [2.05, 4.69) is 31.0 Å². The summed E-state index contributed by atoms with van der Waals surface area (Å²) < 4.78 is 10.9. The van der Waals surface area contributed by atoms with E-state index < -0.39 is 0 Å². The summed E-state index contributed by atoms with van der Waals surface area (Å²) in [7, 11) is 1.60. The minimum atomic E-state index is 0.386. The summed E-state index contributed by atoms with van der Waals surface area (Å²) in [6, 6.07) is 12.0. The SMILES string of the molecule is C=CCOc1c(Cl)cc(CNc2cccc(C)c2)cc1OC. The van der Waals surface area contributed by atoms with Crippen LogP contribution in [0.3, 0.4) is 0 Å². The molecular formula is C18H20ClNO2. The third-order valence-electron chi connectivity index (χ3n) is 3.15. The monoisotopic (exact) mass is 317 g/mol. The predicted molar refractivity (Wildman–Crippen MR) is 92.2 cm³/mol. The number of ether oxygens (including phenoxy) is 2. The molecule has 0 heterocycles. The van der Waals surface area contributed by atoms with Crippen LogP contribution in [0.5, 0.6) is 11.5 Å². The van der Waals surface area contributed by atoms with Gasteiger partial charge in [-0.25, -0.2) is 0 Å². The number of aryl methyl sites for hydroxylation is 1. The van der Waals surface area contributed by atoms with E-state index in [4.69, 9.17) is 21.1 Å². The molecule has 0 saturated heterocycles. The van der Waals surface area contributed by atoms with E-state index >= 15 is 0 Å². The van der Waals surface area contributed by atoms with Crippen LogP contribution in [0.15, 0.2) is 49.1 Å². The first-order valence-corrected chi connectivity index (χ1v) is 7.42. The molecule has 2 aromatic rings. The fraction of sp³-hybridized carbons (Fsp3) is 0.222. The molecule has 0 spiro atoms. The summed E-state index contributed by atoms with van der Waals surface area (Å²) >= 11 is 6.29. The van der Waals surface area contributed by atoms with E-state index in [0.717, 1.165) is 11.3 Å². The Morgan fingerprint density at radius 2 is 2.09 bits per heavy atom. The second-order valence-corrected chi connectivity index (χ2v) is 5.34. The number of nitrogens with one attached hydrogen (secondary N) is 1. The lowest BCUT2D eigenvalue weighted by atomic mass is 10.1. The van der Waals surface area contributed by atoms with Gasteiger partial charge in [-0.2, -0.15) is 0 Å². The van der Waals surface area contributed by atoms with Crippen LogP contribution in [0, 0.1) is 6.92 Å². The van der Waals surface area contributed by atoms with Crippen LogP contribution in [0.1, 0.15) is 11.1 Å². The lowest BCUT2D eigenvalue weighted by Crippen LogP contribution is -2.02. The van der Waals surface area contributed by atoms with Crippen molar-refractivity contribution in [1.29, 1.82) is 0 Å². The molecule has 2 rings (SSSR count). The van der Waals surface area contributed by atoms with Crippen LogP contribution in [0.2, 0.25) is 5.02 Å². The average Bonchev–Trinajstić information content (AvgIpc) is 2.51. The molecule has 0 atom stereocenters. The Balaban J connectivity index is 2.14. The van der Waals surface area contributed by atoms with E-state index in [1.165, 1.54) is 5.56 Å². The Kier molecular flexibility index (Phi) is 5.73. The molecule has 1 N–H and O–H groups in total. The number of benzene rings is 2. The third-order valence-corrected chi connectivity index (χ3v) is 3.43. The third kappa shape index (κ3) is 4.18. The zero-order valence-corrected chi connectivity index (χ0v) is 13.6. The molecule has 0 aliphatic heterocycles. The zero-order valence-electron chi connectivity index (χ0n) is 12.9. The van der Waals surface area contributed by atoms with Crippen LogP contribution < -0.4 is 14.8 Å². The molecule has 0 saturated carbocycles. The largest absolute Gasteiger partial charge is 0.493 e. The van der Waals surface area contributed by atoms with Crippen molar-refractivity contribution in [1.82, 2.24) is 0 Å². The minimum Gasteiger partial charge on any atom is -0.493 e. The first-order chi connectivity index (χ1) is 10.6. The van der Waals surface area contributed by atoms with Gasteiger partial charge in [0.2, 0.25) is 0 Å². The molecular weight excluding hydrogens is 298 g/mol. The van der Waals surface area contributed by atoms with Crippen LogP contribution in [0.25, 0.3) is 0 Å². The van der Waals surface area contributed by atoms with Gasteiger partial charge < -0.3 is 14.8 Å². The Morgan fingerprint density at radius 3 is 2.77 bits per heavy atom. The minimum absolute atomic E-state index is 0.386. The highest BCUT2D eigenvalue weighted by molar-refractivity contribution is 6.32. The molecule has 0 aromatic heterocycles. The van der Waals surface area contributed by atoms with Gasteiger partial charge in [-0.3, -0.25) is 0 Å². The van der Waals surface area contributed by atoms with Crippen molar-refractivity contribution in [3.05, 3.63) is 65.2 Å². The number of halogens is 1. The van der Waals surface area contributed by atoms with Crippen LogP contribution in [-0.4, -0.2) is 13.7 Å². The fourth-order valence-corrected chi connectivity index (χ4v) is 2.40. The van der Waals surface area contributed by atoms with Crippen molar-refractivity contribution < 1.29 is 9.47 Å². The highest BCUT2D eigenvalue weighted by Crippen LogP contribution is 2.36. The van der Waals surface area contributed by atoms with Crippen LogP contribution in [0.4, 0.5) is 5.69 Å². The Labute approximate surface area is 136 Å². The smallest absolute Gasteiger partial charge is 0.180 e. The molecule has 116 valence electrons. The summed E-state index contributed by atoms with van der Waals surface area (Å²) in [5.41, 5.74) is 3.31. The van der Waals surface area contributed by atoms with Gasteiger partial charge in [0.1, 0.15) is 6.61 Å². The van der Waals surface area contributed by atoms with Crippen molar-refractivity contribution >= 4 is 17.3 Å². The molecule has 4 heteroatoms. The molecule has 0 fully saturated rings. The van der Waals surface area contributed by atoms with Gasteiger partial charge in [-0.1, -0.05) is 36.4 Å². The fourth-order valence-electron chi connectivity index (χ4n) is 2.12. The van der Waals surface area contributed by atoms with Crippen LogP contribution >= 0.6 is 11.6 Å². The van der Waals surface area contributed by atoms with Crippen molar-refractivity contribution in [2.24, 2.45) is 0 Å². The summed E-state index contributed by atoms with van der Waals surface area (Å²) in [5.74, 6) is 1.17. The molecule has 0 amide bonds. The van der Waals surface area contributed by atoms with Crippen molar-refractivity contribution in [3.63, 3.8) is 0 Å². The quantitative estimate of drug-likeness (QED) is 0.742. The van der Waals surface area contributed by atoms with Gasteiger partial charge in [0.15, 0.2) is 11.5 Å². The van der Waals surface area contributed by atoms with E-state index in [1.54, 1.807) is 13.2 Å². The Morgan fingerprint density at radius 1 is 1.27 bits per heavy atom. The van der Waals surface area contributed by atoms with E-state index in [-0.39, 0.29) is 0 Å². The van der Waals surface area contributed by atoms with Crippen molar-refractivity contribution in [3.8, 4) is 11.5 Å². The maximum absolute atomic E-state index is 6.29. The Bertz CT molecular complexity index is 656. The molecule has 0 aliphatic rings. The second-order valence-electron chi connectivity index (χ2n) is 4.93. The van der Waals surface area contributed by atoms with E-state index in [9.17, 15) is 0 Å². The second kappa shape index (κ2) is 7.76. The lowest BCUT2D eigenvalue weighted by molar-refractivity contribution is 0.326. The number of anilines is 1. The lowest BCUT2D eigenvalue weighted by Gasteiger charge is -2.14.